The summed E-state index contributed by atoms with van der Waals surface area (Å²) in [4.78, 5) is 43.6. The number of urea groups is 1. The van der Waals surface area contributed by atoms with Gasteiger partial charge in [-0.3, -0.25) is 19.8 Å². The molecule has 0 aromatic heterocycles. The predicted octanol–water partition coefficient (Wildman–Crippen LogP) is 4.97. The lowest BCUT2D eigenvalue weighted by atomic mass is 10.1. The Kier molecular flexibility index (Phi) is 9.65. The van der Waals surface area contributed by atoms with Gasteiger partial charge in [-0.05, 0) is 48.7 Å². The molecule has 0 saturated heterocycles. The number of para-hydroxylation sites is 3. The number of nitrogens with one attached hydrogen (secondary N) is 2. The average Bonchev–Trinajstić information content (AvgIpc) is 2.93. The summed E-state index contributed by atoms with van der Waals surface area (Å²) < 4.78 is 6.30. The maximum atomic E-state index is 14.4. The van der Waals surface area contributed by atoms with Crippen LogP contribution in [-0.2, 0) is 9.59 Å². The molecule has 0 aliphatic carbocycles. The molecule has 0 heterocycles. The summed E-state index contributed by atoms with van der Waals surface area (Å²) in [6.45, 7) is 5.44. The molecule has 3 rings (SSSR count). The van der Waals surface area contributed by atoms with Gasteiger partial charge in [-0.25, -0.2) is 4.79 Å². The molecule has 0 spiro atoms. The highest BCUT2D eigenvalue weighted by Gasteiger charge is 2.52. The lowest BCUT2D eigenvalue weighted by molar-refractivity contribution is -0.170. The van der Waals surface area contributed by atoms with E-state index in [1.54, 1.807) is 85.9 Å². The van der Waals surface area contributed by atoms with E-state index in [4.69, 9.17) is 4.74 Å². The summed E-state index contributed by atoms with van der Waals surface area (Å²) >= 11 is 0. The molecule has 1 unspecified atom stereocenters. The molecule has 39 heavy (non-hydrogen) atoms. The Bertz CT molecular complexity index is 1320. The molecule has 3 aromatic rings. The highest BCUT2D eigenvalue weighted by atomic mass is 16.5. The third kappa shape index (κ3) is 7.14. The molecule has 9 heteroatoms. The molecule has 0 bridgehead atoms. The van der Waals surface area contributed by atoms with Crippen molar-refractivity contribution in [3.8, 4) is 11.8 Å². The van der Waals surface area contributed by atoms with Crippen molar-refractivity contribution in [1.29, 1.82) is 5.26 Å². The second-order valence-corrected chi connectivity index (χ2v) is 9.35. The molecule has 0 fully saturated rings. The lowest BCUT2D eigenvalue weighted by Crippen LogP contribution is -2.73. The van der Waals surface area contributed by atoms with Gasteiger partial charge in [0.05, 0.1) is 11.3 Å². The lowest BCUT2D eigenvalue weighted by Gasteiger charge is -2.43. The fourth-order valence-electron chi connectivity index (χ4n) is 3.94. The van der Waals surface area contributed by atoms with Crippen molar-refractivity contribution in [2.75, 3.05) is 23.8 Å². The third-order valence-electron chi connectivity index (χ3n) is 6.02. The minimum Gasteiger partial charge on any atom is -0.442 e. The minimum atomic E-state index is -2.27. The van der Waals surface area contributed by atoms with Gasteiger partial charge in [0.15, 0.2) is 0 Å². The molecule has 0 aliphatic rings. The first-order chi connectivity index (χ1) is 18.7. The zero-order valence-corrected chi connectivity index (χ0v) is 22.5. The molecule has 9 nitrogen and oxygen atoms in total. The number of likely N-dealkylation sites (N-methyl/N-ethyl adjacent to an activating group) is 1. The number of rotatable bonds is 10. The fourth-order valence-corrected chi connectivity index (χ4v) is 3.94. The van der Waals surface area contributed by atoms with Crippen molar-refractivity contribution in [2.24, 2.45) is 5.92 Å². The van der Waals surface area contributed by atoms with E-state index in [-0.39, 0.29) is 29.5 Å². The Morgan fingerprint density at radius 3 is 2.13 bits per heavy atom. The number of amides is 4. The number of carbonyl (C=O) groups is 3. The second kappa shape index (κ2) is 13.1. The van der Waals surface area contributed by atoms with Crippen molar-refractivity contribution < 1.29 is 19.1 Å². The number of hydrogen-bond acceptors (Lipinski definition) is 5. The SMILES string of the molecule is CC(=O)N(CCC(C)C)C(NC(=O)Nc1ccccc1C#N)(Oc1ccccc1)C(=O)N(C)c1ccccc1. The number of nitriles is 1. The number of carbonyl (C=O) groups excluding carboxylic acids is 3. The standard InChI is InChI=1S/C30H33N5O4/c1-22(2)19-20-35(23(3)36)30(39-26-16-9-6-10-17-26,28(37)34(4)25-14-7-5-8-15-25)33-29(38)32-27-18-12-11-13-24(27)21-31/h5-18,22H,19-20H2,1-4H3,(H2,32,33,38). The highest BCUT2D eigenvalue weighted by molar-refractivity contribution is 6.04. The average molecular weight is 528 g/mol. The zero-order chi connectivity index (χ0) is 28.4. The van der Waals surface area contributed by atoms with Gasteiger partial charge in [0.1, 0.15) is 11.8 Å². The topological polar surface area (TPSA) is 115 Å². The summed E-state index contributed by atoms with van der Waals surface area (Å²) in [5.41, 5.74) is 1.01. The zero-order valence-electron chi connectivity index (χ0n) is 22.5. The predicted molar refractivity (Wildman–Crippen MR) is 150 cm³/mol. The molecule has 1 atom stereocenters. The van der Waals surface area contributed by atoms with Crippen LogP contribution in [0.15, 0.2) is 84.9 Å². The summed E-state index contributed by atoms with van der Waals surface area (Å²) in [5.74, 6) is -2.97. The summed E-state index contributed by atoms with van der Waals surface area (Å²) in [5, 5.41) is 14.8. The first-order valence-corrected chi connectivity index (χ1v) is 12.6. The number of anilines is 2. The number of benzene rings is 3. The summed E-state index contributed by atoms with van der Waals surface area (Å²) in [7, 11) is 1.55. The first-order valence-electron chi connectivity index (χ1n) is 12.6. The van der Waals surface area contributed by atoms with Crippen molar-refractivity contribution in [3.05, 3.63) is 90.5 Å². The van der Waals surface area contributed by atoms with Crippen LogP contribution in [0.1, 0.15) is 32.8 Å². The molecule has 0 radical (unpaired) electrons. The maximum Gasteiger partial charge on any atom is 0.350 e. The number of hydrogen-bond donors (Lipinski definition) is 2. The molecular formula is C30H33N5O4. The molecule has 202 valence electrons. The first kappa shape index (κ1) is 28.7. The normalized spacial score (nSPS) is 12.0. The van der Waals surface area contributed by atoms with Crippen LogP contribution in [-0.4, -0.2) is 42.2 Å². The van der Waals surface area contributed by atoms with E-state index in [9.17, 15) is 19.6 Å². The Morgan fingerprint density at radius 2 is 1.54 bits per heavy atom. The Hall–Kier alpha value is -4.84. The van der Waals surface area contributed by atoms with Crippen LogP contribution >= 0.6 is 0 Å². The van der Waals surface area contributed by atoms with Crippen LogP contribution in [0.2, 0.25) is 0 Å². The van der Waals surface area contributed by atoms with E-state index in [2.05, 4.69) is 10.6 Å². The molecule has 3 aromatic carbocycles. The van der Waals surface area contributed by atoms with Crippen molar-refractivity contribution in [3.63, 3.8) is 0 Å². The number of ether oxygens (including phenoxy) is 1. The van der Waals surface area contributed by atoms with E-state index in [0.29, 0.717) is 12.1 Å². The molecule has 0 aliphatic heterocycles. The Morgan fingerprint density at radius 1 is 0.949 bits per heavy atom. The van der Waals surface area contributed by atoms with Crippen LogP contribution in [0, 0.1) is 17.2 Å². The minimum absolute atomic E-state index is 0.128. The van der Waals surface area contributed by atoms with Gasteiger partial charge >= 0.3 is 17.8 Å². The van der Waals surface area contributed by atoms with E-state index >= 15 is 0 Å². The summed E-state index contributed by atoms with van der Waals surface area (Å²) in [6, 6.07) is 25.0. The van der Waals surface area contributed by atoms with Crippen LogP contribution in [0.5, 0.6) is 5.75 Å². The number of nitrogens with zero attached hydrogens (tertiary/aromatic N) is 3. The molecule has 4 amide bonds. The monoisotopic (exact) mass is 527 g/mol. The van der Waals surface area contributed by atoms with Gasteiger partial charge in [-0.15, -0.1) is 0 Å². The van der Waals surface area contributed by atoms with Crippen LogP contribution < -0.4 is 20.3 Å². The smallest absolute Gasteiger partial charge is 0.350 e. The van der Waals surface area contributed by atoms with Crippen LogP contribution in [0.4, 0.5) is 16.2 Å². The second-order valence-electron chi connectivity index (χ2n) is 9.35. The molecule has 2 N–H and O–H groups in total. The van der Waals surface area contributed by atoms with Gasteiger partial charge in [0.25, 0.3) is 0 Å². The molecular weight excluding hydrogens is 494 g/mol. The van der Waals surface area contributed by atoms with Crippen LogP contribution in [0.3, 0.4) is 0 Å². The Balaban J connectivity index is 2.15. The van der Waals surface area contributed by atoms with Crippen molar-refractivity contribution in [2.45, 2.75) is 33.0 Å². The van der Waals surface area contributed by atoms with E-state index in [1.165, 1.54) is 16.7 Å². The summed E-state index contributed by atoms with van der Waals surface area (Å²) in [6.07, 6.45) is 0.544. The third-order valence-corrected chi connectivity index (χ3v) is 6.02. The van der Waals surface area contributed by atoms with E-state index < -0.39 is 23.7 Å². The highest BCUT2D eigenvalue weighted by Crippen LogP contribution is 2.27. The van der Waals surface area contributed by atoms with Crippen molar-refractivity contribution in [1.82, 2.24) is 10.2 Å². The maximum absolute atomic E-state index is 14.4. The van der Waals surface area contributed by atoms with Gasteiger partial charge < -0.3 is 15.0 Å². The van der Waals surface area contributed by atoms with Crippen molar-refractivity contribution >= 4 is 29.2 Å². The fraction of sp³-hybridized carbons (Fsp3) is 0.267. The van der Waals surface area contributed by atoms with Gasteiger partial charge in [0, 0.05) is 26.2 Å². The Labute approximate surface area is 229 Å². The van der Waals surface area contributed by atoms with E-state index in [0.717, 1.165) is 0 Å². The van der Waals surface area contributed by atoms with Gasteiger partial charge in [-0.2, -0.15) is 5.26 Å². The molecule has 0 saturated carbocycles. The van der Waals surface area contributed by atoms with Gasteiger partial charge in [0.2, 0.25) is 5.91 Å². The largest absolute Gasteiger partial charge is 0.442 e. The van der Waals surface area contributed by atoms with Crippen LogP contribution in [0.25, 0.3) is 0 Å². The van der Waals surface area contributed by atoms with E-state index in [1.807, 2.05) is 26.0 Å². The van der Waals surface area contributed by atoms with Gasteiger partial charge in [-0.1, -0.05) is 62.4 Å². The quantitative estimate of drug-likeness (QED) is 0.361.